The number of hydrogen-bond acceptors (Lipinski definition) is 3. The lowest BCUT2D eigenvalue weighted by Gasteiger charge is -2.17. The van der Waals surface area contributed by atoms with Gasteiger partial charge in [0.2, 0.25) is 0 Å². The molecular formula is C17H19N3S. The standard InChI is InChI=1S/C17H19N3S/c1-12-11-16(21-13(12)2)17(18-3)15-9-10-19-20(15)14-7-5-4-6-8-14/h4-11,17-18H,1-3H3. The Labute approximate surface area is 129 Å². The highest BCUT2D eigenvalue weighted by molar-refractivity contribution is 7.12. The summed E-state index contributed by atoms with van der Waals surface area (Å²) in [5, 5.41) is 7.91. The fourth-order valence-electron chi connectivity index (χ4n) is 2.50. The van der Waals surface area contributed by atoms with Gasteiger partial charge in [-0.1, -0.05) is 18.2 Å². The molecule has 21 heavy (non-hydrogen) atoms. The number of para-hydroxylation sites is 1. The van der Waals surface area contributed by atoms with E-state index in [-0.39, 0.29) is 6.04 Å². The summed E-state index contributed by atoms with van der Waals surface area (Å²) in [5.41, 5.74) is 3.59. The monoisotopic (exact) mass is 297 g/mol. The maximum absolute atomic E-state index is 4.49. The second-order valence-electron chi connectivity index (χ2n) is 5.11. The van der Waals surface area contributed by atoms with E-state index in [1.807, 2.05) is 47.5 Å². The topological polar surface area (TPSA) is 29.9 Å². The highest BCUT2D eigenvalue weighted by atomic mass is 32.1. The minimum absolute atomic E-state index is 0.158. The number of aromatic nitrogens is 2. The van der Waals surface area contributed by atoms with Gasteiger partial charge in [0.25, 0.3) is 0 Å². The summed E-state index contributed by atoms with van der Waals surface area (Å²) in [6.45, 7) is 4.33. The summed E-state index contributed by atoms with van der Waals surface area (Å²) in [7, 11) is 2.00. The Kier molecular flexibility index (Phi) is 3.90. The van der Waals surface area contributed by atoms with Crippen LogP contribution in [0.15, 0.2) is 48.7 Å². The molecule has 0 radical (unpaired) electrons. The predicted molar refractivity (Wildman–Crippen MR) is 88.3 cm³/mol. The van der Waals surface area contributed by atoms with Gasteiger partial charge in [-0.15, -0.1) is 11.3 Å². The van der Waals surface area contributed by atoms with Gasteiger partial charge in [0.15, 0.2) is 0 Å². The number of thiophene rings is 1. The molecule has 2 heterocycles. The van der Waals surface area contributed by atoms with Gasteiger partial charge in [-0.25, -0.2) is 4.68 Å². The summed E-state index contributed by atoms with van der Waals surface area (Å²) in [6, 6.07) is 14.8. The van der Waals surface area contributed by atoms with Gasteiger partial charge in [0.05, 0.1) is 17.4 Å². The molecule has 0 saturated carbocycles. The van der Waals surface area contributed by atoms with Crippen LogP contribution in [-0.4, -0.2) is 16.8 Å². The molecule has 108 valence electrons. The Balaban J connectivity index is 2.05. The van der Waals surface area contributed by atoms with Crippen LogP contribution in [0.4, 0.5) is 0 Å². The van der Waals surface area contributed by atoms with Gasteiger partial charge in [0.1, 0.15) is 0 Å². The van der Waals surface area contributed by atoms with Crippen molar-refractivity contribution in [1.29, 1.82) is 0 Å². The molecular weight excluding hydrogens is 278 g/mol. The first kappa shape index (κ1) is 14.0. The van der Waals surface area contributed by atoms with Crippen molar-refractivity contribution in [2.45, 2.75) is 19.9 Å². The maximum Gasteiger partial charge on any atom is 0.0844 e. The zero-order valence-corrected chi connectivity index (χ0v) is 13.3. The minimum atomic E-state index is 0.158. The van der Waals surface area contributed by atoms with Gasteiger partial charge in [-0.05, 0) is 50.7 Å². The molecule has 3 rings (SSSR count). The molecule has 0 aliphatic heterocycles. The molecule has 2 aromatic heterocycles. The van der Waals surface area contributed by atoms with E-state index in [9.17, 15) is 0 Å². The third-order valence-corrected chi connectivity index (χ3v) is 4.94. The Morgan fingerprint density at radius 3 is 2.52 bits per heavy atom. The zero-order chi connectivity index (χ0) is 14.8. The van der Waals surface area contributed by atoms with Crippen molar-refractivity contribution < 1.29 is 0 Å². The molecule has 0 saturated heterocycles. The largest absolute Gasteiger partial charge is 0.307 e. The van der Waals surface area contributed by atoms with Crippen LogP contribution in [0.2, 0.25) is 0 Å². The summed E-state index contributed by atoms with van der Waals surface area (Å²) in [4.78, 5) is 2.70. The summed E-state index contributed by atoms with van der Waals surface area (Å²) >= 11 is 1.85. The molecule has 3 nitrogen and oxygen atoms in total. The number of aryl methyl sites for hydroxylation is 2. The van der Waals surface area contributed by atoms with Crippen molar-refractivity contribution in [3.63, 3.8) is 0 Å². The Morgan fingerprint density at radius 2 is 1.90 bits per heavy atom. The molecule has 3 aromatic rings. The van der Waals surface area contributed by atoms with Gasteiger partial charge in [-0.3, -0.25) is 0 Å². The molecule has 1 aromatic carbocycles. The predicted octanol–water partition coefficient (Wildman–Crippen LogP) is 3.86. The van der Waals surface area contributed by atoms with Crippen LogP contribution in [0.3, 0.4) is 0 Å². The van der Waals surface area contributed by atoms with E-state index < -0.39 is 0 Å². The van der Waals surface area contributed by atoms with Crippen LogP contribution < -0.4 is 5.32 Å². The van der Waals surface area contributed by atoms with Crippen LogP contribution >= 0.6 is 11.3 Å². The van der Waals surface area contributed by atoms with Crippen LogP contribution in [0.1, 0.15) is 27.1 Å². The van der Waals surface area contributed by atoms with E-state index in [1.54, 1.807) is 0 Å². The average molecular weight is 297 g/mol. The molecule has 1 N–H and O–H groups in total. The summed E-state index contributed by atoms with van der Waals surface area (Å²) in [5.74, 6) is 0. The fraction of sp³-hybridized carbons (Fsp3) is 0.235. The quantitative estimate of drug-likeness (QED) is 0.792. The van der Waals surface area contributed by atoms with Gasteiger partial charge in [0, 0.05) is 16.0 Å². The lowest BCUT2D eigenvalue weighted by Crippen LogP contribution is -2.20. The van der Waals surface area contributed by atoms with Crippen molar-refractivity contribution in [2.75, 3.05) is 7.05 Å². The molecule has 0 aliphatic carbocycles. The lowest BCUT2D eigenvalue weighted by molar-refractivity contribution is 0.646. The number of nitrogens with one attached hydrogen (secondary N) is 1. The molecule has 1 unspecified atom stereocenters. The minimum Gasteiger partial charge on any atom is -0.307 e. The molecule has 0 bridgehead atoms. The molecule has 4 heteroatoms. The van der Waals surface area contributed by atoms with Gasteiger partial charge >= 0.3 is 0 Å². The van der Waals surface area contributed by atoms with Crippen molar-refractivity contribution in [3.8, 4) is 5.69 Å². The van der Waals surface area contributed by atoms with Crippen molar-refractivity contribution in [3.05, 3.63) is 69.7 Å². The third kappa shape index (κ3) is 2.64. The normalized spacial score (nSPS) is 12.5. The first-order valence-corrected chi connectivity index (χ1v) is 7.86. The number of hydrogen-bond donors (Lipinski definition) is 1. The molecule has 0 spiro atoms. The SMILES string of the molecule is CNC(c1cc(C)c(C)s1)c1ccnn1-c1ccccc1. The van der Waals surface area contributed by atoms with Crippen LogP contribution in [0.25, 0.3) is 5.69 Å². The Morgan fingerprint density at radius 1 is 1.14 bits per heavy atom. The van der Waals surface area contributed by atoms with Crippen molar-refractivity contribution in [2.24, 2.45) is 0 Å². The maximum atomic E-state index is 4.49. The van der Waals surface area contributed by atoms with E-state index in [1.165, 1.54) is 15.3 Å². The first-order chi connectivity index (χ1) is 10.2. The second kappa shape index (κ2) is 5.84. The van der Waals surface area contributed by atoms with E-state index >= 15 is 0 Å². The van der Waals surface area contributed by atoms with E-state index in [4.69, 9.17) is 0 Å². The fourth-order valence-corrected chi connectivity index (χ4v) is 3.66. The van der Waals surface area contributed by atoms with Crippen LogP contribution in [0, 0.1) is 13.8 Å². The molecule has 0 aliphatic rings. The van der Waals surface area contributed by atoms with E-state index in [0.717, 1.165) is 11.4 Å². The molecule has 0 fully saturated rings. The average Bonchev–Trinajstić information content (AvgIpc) is 3.09. The first-order valence-electron chi connectivity index (χ1n) is 7.04. The number of rotatable bonds is 4. The Hall–Kier alpha value is -1.91. The number of nitrogens with zero attached hydrogens (tertiary/aromatic N) is 2. The second-order valence-corrected chi connectivity index (χ2v) is 6.40. The molecule has 1 atom stereocenters. The zero-order valence-electron chi connectivity index (χ0n) is 12.5. The van der Waals surface area contributed by atoms with Gasteiger partial charge < -0.3 is 5.32 Å². The van der Waals surface area contributed by atoms with Crippen molar-refractivity contribution in [1.82, 2.24) is 15.1 Å². The smallest absolute Gasteiger partial charge is 0.0844 e. The number of benzene rings is 1. The Bertz CT molecular complexity index is 708. The van der Waals surface area contributed by atoms with Gasteiger partial charge in [-0.2, -0.15) is 5.10 Å². The van der Waals surface area contributed by atoms with E-state index in [2.05, 4.69) is 48.5 Å². The summed E-state index contributed by atoms with van der Waals surface area (Å²) in [6.07, 6.45) is 1.86. The van der Waals surface area contributed by atoms with Crippen LogP contribution in [0.5, 0.6) is 0 Å². The lowest BCUT2D eigenvalue weighted by atomic mass is 10.1. The highest BCUT2D eigenvalue weighted by Gasteiger charge is 2.19. The van der Waals surface area contributed by atoms with Crippen LogP contribution in [-0.2, 0) is 0 Å². The third-order valence-electron chi connectivity index (χ3n) is 3.73. The van der Waals surface area contributed by atoms with E-state index in [0.29, 0.717) is 0 Å². The van der Waals surface area contributed by atoms with Crippen molar-refractivity contribution >= 4 is 11.3 Å². The highest BCUT2D eigenvalue weighted by Crippen LogP contribution is 2.31. The summed E-state index contributed by atoms with van der Waals surface area (Å²) < 4.78 is 2.01. The molecule has 0 amide bonds.